The van der Waals surface area contributed by atoms with E-state index in [9.17, 15) is 4.79 Å². The SMILES string of the molecule is CCOC(=O)[C@@H]1[C@@H](CC2CCCCC2)[C@@H]1C(CO[SiH](C)C)C(C)(C)C. The predicted molar refractivity (Wildman–Crippen MR) is 106 cm³/mol. The van der Waals surface area contributed by atoms with Crippen LogP contribution in [-0.4, -0.2) is 28.2 Å². The molecule has 0 N–H and O–H groups in total. The average Bonchev–Trinajstić information content (AvgIpc) is 3.20. The van der Waals surface area contributed by atoms with E-state index in [0.717, 1.165) is 12.5 Å². The van der Waals surface area contributed by atoms with Crippen LogP contribution in [0.25, 0.3) is 0 Å². The molecule has 25 heavy (non-hydrogen) atoms. The van der Waals surface area contributed by atoms with Gasteiger partial charge in [-0.2, -0.15) is 0 Å². The molecule has 2 fully saturated rings. The number of ether oxygens (including phenoxy) is 1. The van der Waals surface area contributed by atoms with E-state index in [1.165, 1.54) is 38.5 Å². The molecule has 2 saturated carbocycles. The minimum Gasteiger partial charge on any atom is -0.466 e. The van der Waals surface area contributed by atoms with E-state index >= 15 is 0 Å². The van der Waals surface area contributed by atoms with Crippen molar-refractivity contribution in [2.45, 2.75) is 79.3 Å². The van der Waals surface area contributed by atoms with Gasteiger partial charge in [-0.3, -0.25) is 4.79 Å². The van der Waals surface area contributed by atoms with Gasteiger partial charge in [-0.15, -0.1) is 0 Å². The molecule has 0 radical (unpaired) electrons. The van der Waals surface area contributed by atoms with Crippen molar-refractivity contribution >= 4 is 15.0 Å². The van der Waals surface area contributed by atoms with Crippen LogP contribution < -0.4 is 0 Å². The summed E-state index contributed by atoms with van der Waals surface area (Å²) in [7, 11) is -1.04. The van der Waals surface area contributed by atoms with Crippen molar-refractivity contribution < 1.29 is 14.0 Å². The molecule has 0 spiro atoms. The van der Waals surface area contributed by atoms with Crippen LogP contribution in [0.5, 0.6) is 0 Å². The summed E-state index contributed by atoms with van der Waals surface area (Å²) < 4.78 is 11.6. The number of hydrogen-bond acceptors (Lipinski definition) is 3. The van der Waals surface area contributed by atoms with E-state index in [0.29, 0.717) is 24.4 Å². The van der Waals surface area contributed by atoms with E-state index < -0.39 is 9.04 Å². The first-order valence-corrected chi connectivity index (χ1v) is 13.3. The van der Waals surface area contributed by atoms with Gasteiger partial charge >= 0.3 is 5.97 Å². The van der Waals surface area contributed by atoms with Crippen LogP contribution in [0.15, 0.2) is 0 Å². The summed E-state index contributed by atoms with van der Waals surface area (Å²) in [4.78, 5) is 12.6. The van der Waals surface area contributed by atoms with Gasteiger partial charge in [0.2, 0.25) is 0 Å². The molecule has 0 aliphatic heterocycles. The van der Waals surface area contributed by atoms with Crippen LogP contribution in [0.3, 0.4) is 0 Å². The van der Waals surface area contributed by atoms with Gasteiger partial charge in [0.1, 0.15) is 0 Å². The van der Waals surface area contributed by atoms with Gasteiger partial charge in [0, 0.05) is 6.61 Å². The highest BCUT2D eigenvalue weighted by Crippen LogP contribution is 2.59. The Morgan fingerprint density at radius 1 is 1.16 bits per heavy atom. The van der Waals surface area contributed by atoms with Crippen molar-refractivity contribution in [2.24, 2.45) is 35.0 Å². The normalized spacial score (nSPS) is 28.8. The zero-order chi connectivity index (χ0) is 18.6. The fourth-order valence-corrected chi connectivity index (χ4v) is 5.46. The van der Waals surface area contributed by atoms with Crippen LogP contribution >= 0.6 is 0 Å². The highest BCUT2D eigenvalue weighted by Gasteiger charge is 2.60. The fourth-order valence-electron chi connectivity index (χ4n) is 4.87. The highest BCUT2D eigenvalue weighted by atomic mass is 28.3. The van der Waals surface area contributed by atoms with Gasteiger partial charge in [0.05, 0.1) is 12.5 Å². The maximum absolute atomic E-state index is 12.6. The lowest BCUT2D eigenvalue weighted by atomic mass is 9.76. The number of carbonyl (C=O) groups excluding carboxylic acids is 1. The summed E-state index contributed by atoms with van der Waals surface area (Å²) in [5.41, 5.74) is 0.167. The molecule has 1 unspecified atom stereocenters. The molecule has 2 aliphatic carbocycles. The van der Waals surface area contributed by atoms with E-state index in [4.69, 9.17) is 9.16 Å². The maximum Gasteiger partial charge on any atom is 0.309 e. The molecule has 0 saturated heterocycles. The van der Waals surface area contributed by atoms with Crippen LogP contribution in [0.4, 0.5) is 0 Å². The molecule has 0 heterocycles. The van der Waals surface area contributed by atoms with Crippen molar-refractivity contribution in [3.05, 3.63) is 0 Å². The lowest BCUT2D eigenvalue weighted by molar-refractivity contribution is -0.145. The topological polar surface area (TPSA) is 35.5 Å². The number of hydrogen-bond donors (Lipinski definition) is 0. The quantitative estimate of drug-likeness (QED) is 0.444. The molecule has 0 aromatic carbocycles. The fraction of sp³-hybridized carbons (Fsp3) is 0.952. The van der Waals surface area contributed by atoms with Crippen LogP contribution in [0.2, 0.25) is 13.1 Å². The highest BCUT2D eigenvalue weighted by molar-refractivity contribution is 6.48. The first kappa shape index (κ1) is 21.0. The molecule has 0 aromatic heterocycles. The molecular formula is C21H40O3Si. The Kier molecular flexibility index (Phi) is 7.57. The predicted octanol–water partition coefficient (Wildman–Crippen LogP) is 5.04. The van der Waals surface area contributed by atoms with E-state index in [-0.39, 0.29) is 17.3 Å². The Labute approximate surface area is 157 Å². The minimum absolute atomic E-state index is 0.0457. The second-order valence-electron chi connectivity index (χ2n) is 9.61. The number of esters is 1. The second kappa shape index (κ2) is 9.03. The summed E-state index contributed by atoms with van der Waals surface area (Å²) >= 11 is 0. The summed E-state index contributed by atoms with van der Waals surface area (Å²) in [6.07, 6.45) is 8.07. The van der Waals surface area contributed by atoms with Gasteiger partial charge in [0.25, 0.3) is 0 Å². The molecule has 0 aromatic rings. The van der Waals surface area contributed by atoms with Crippen molar-refractivity contribution in [1.82, 2.24) is 0 Å². The van der Waals surface area contributed by atoms with E-state index in [1.807, 2.05) is 6.92 Å². The summed E-state index contributed by atoms with van der Waals surface area (Å²) in [5, 5.41) is 0. The molecule has 2 aliphatic rings. The smallest absolute Gasteiger partial charge is 0.309 e. The Bertz CT molecular complexity index is 423. The maximum atomic E-state index is 12.6. The molecule has 3 nitrogen and oxygen atoms in total. The van der Waals surface area contributed by atoms with Crippen molar-refractivity contribution in [3.63, 3.8) is 0 Å². The zero-order valence-electron chi connectivity index (χ0n) is 17.3. The van der Waals surface area contributed by atoms with Crippen molar-refractivity contribution in [2.75, 3.05) is 13.2 Å². The van der Waals surface area contributed by atoms with Gasteiger partial charge < -0.3 is 9.16 Å². The minimum atomic E-state index is -1.04. The monoisotopic (exact) mass is 368 g/mol. The molecular weight excluding hydrogens is 328 g/mol. The standard InChI is InChI=1S/C21H40O3Si/c1-7-23-20(22)19-16(13-15-11-9-8-10-12-15)18(19)17(21(2,3)4)14-24-25(5)6/h15-19,25H,7-14H2,1-6H3/t16-,17?,18+,19+/m0/s1. The Hall–Kier alpha value is -0.353. The third-order valence-electron chi connectivity index (χ3n) is 6.30. The number of rotatable bonds is 8. The van der Waals surface area contributed by atoms with Gasteiger partial charge in [-0.05, 0) is 55.5 Å². The molecule has 0 bridgehead atoms. The first-order valence-electron chi connectivity index (χ1n) is 10.5. The third kappa shape index (κ3) is 5.82. The van der Waals surface area contributed by atoms with Crippen LogP contribution in [0.1, 0.15) is 66.2 Å². The summed E-state index contributed by atoms with van der Waals surface area (Å²) in [5.74, 6) is 2.40. The van der Waals surface area contributed by atoms with E-state index in [2.05, 4.69) is 33.9 Å². The van der Waals surface area contributed by atoms with Crippen LogP contribution in [0, 0.1) is 35.0 Å². The molecule has 4 heteroatoms. The lowest BCUT2D eigenvalue weighted by Crippen LogP contribution is -2.31. The second-order valence-corrected chi connectivity index (χ2v) is 12.0. The number of carbonyl (C=O) groups is 1. The summed E-state index contributed by atoms with van der Waals surface area (Å²) in [6, 6.07) is 0. The van der Waals surface area contributed by atoms with Crippen molar-refractivity contribution in [3.8, 4) is 0 Å². The third-order valence-corrected chi connectivity index (χ3v) is 7.16. The Morgan fingerprint density at radius 2 is 1.80 bits per heavy atom. The molecule has 2 rings (SSSR count). The largest absolute Gasteiger partial charge is 0.466 e. The average molecular weight is 369 g/mol. The Morgan fingerprint density at radius 3 is 2.32 bits per heavy atom. The van der Waals surface area contributed by atoms with Gasteiger partial charge in [-0.1, -0.05) is 52.9 Å². The first-order chi connectivity index (χ1) is 11.8. The lowest BCUT2D eigenvalue weighted by Gasteiger charge is -2.32. The summed E-state index contributed by atoms with van der Waals surface area (Å²) in [6.45, 7) is 14.6. The van der Waals surface area contributed by atoms with Gasteiger partial charge in [-0.25, -0.2) is 0 Å². The van der Waals surface area contributed by atoms with Gasteiger partial charge in [0.15, 0.2) is 9.04 Å². The zero-order valence-corrected chi connectivity index (χ0v) is 18.5. The van der Waals surface area contributed by atoms with E-state index in [1.54, 1.807) is 0 Å². The molecule has 0 amide bonds. The van der Waals surface area contributed by atoms with Crippen molar-refractivity contribution in [1.29, 1.82) is 0 Å². The Balaban J connectivity index is 2.09. The molecule has 146 valence electrons. The van der Waals surface area contributed by atoms with Crippen LogP contribution in [-0.2, 0) is 14.0 Å². The molecule has 4 atom stereocenters.